The highest BCUT2D eigenvalue weighted by atomic mass is 28.3. The van der Waals surface area contributed by atoms with Crippen LogP contribution in [-0.4, -0.2) is 147 Å². The molecule has 0 fully saturated rings. The minimum absolute atomic E-state index is 0.410. The fourth-order valence-corrected chi connectivity index (χ4v) is 2.37. The Labute approximate surface area is 284 Å². The van der Waals surface area contributed by atoms with Crippen molar-refractivity contribution in [2.45, 2.75) is 99.3 Å². The molecule has 0 saturated heterocycles. The predicted octanol–water partition coefficient (Wildman–Crippen LogP) is 6.42. The number of aryl methyl sites for hydroxylation is 3. The summed E-state index contributed by atoms with van der Waals surface area (Å²) in [7, 11) is 18.8. The van der Waals surface area contributed by atoms with Gasteiger partial charge >= 0.3 is 0 Å². The van der Waals surface area contributed by atoms with Crippen molar-refractivity contribution in [1.29, 1.82) is 0 Å². The maximum Gasteiger partial charge on any atom is 0.123 e. The molecule has 0 atom stereocenters. The lowest BCUT2D eigenvalue weighted by Gasteiger charge is -2.10. The van der Waals surface area contributed by atoms with E-state index in [2.05, 4.69) is 205 Å². The minimum Gasteiger partial charge on any atom is -0.332 e. The molecule has 1 aromatic carbocycles. The average molecular weight is 708 g/mol. The van der Waals surface area contributed by atoms with Gasteiger partial charge in [-0.1, -0.05) is 83.2 Å². The maximum absolute atomic E-state index is 4.70. The van der Waals surface area contributed by atoms with E-state index in [-0.39, 0.29) is 0 Å². The highest BCUT2D eigenvalue weighted by molar-refractivity contribution is 6.53. The van der Waals surface area contributed by atoms with Gasteiger partial charge in [-0.3, -0.25) is 0 Å². The van der Waals surface area contributed by atoms with Crippen molar-refractivity contribution >= 4 is 59.1 Å². The van der Waals surface area contributed by atoms with Gasteiger partial charge < -0.3 is 27.5 Å². The van der Waals surface area contributed by atoms with Gasteiger partial charge in [0.15, 0.2) is 0 Å². The Hall–Kier alpha value is 0.121. The Balaban J connectivity index is -0.000000140. The zero-order valence-corrected chi connectivity index (χ0v) is 41.0. The van der Waals surface area contributed by atoms with Gasteiger partial charge in [-0.15, -0.1) is 0 Å². The Morgan fingerprint density at radius 1 is 0.442 bits per heavy atom. The highest BCUT2D eigenvalue weighted by Gasteiger charge is 2.01. The lowest BCUT2D eigenvalue weighted by Crippen LogP contribution is -2.25. The van der Waals surface area contributed by atoms with Crippen LogP contribution in [0.3, 0.4) is 0 Å². The monoisotopic (exact) mass is 707 g/mol. The summed E-state index contributed by atoms with van der Waals surface area (Å²) in [5.41, 5.74) is 5.16. The van der Waals surface area contributed by atoms with E-state index < -0.39 is 53.4 Å². The summed E-state index contributed by atoms with van der Waals surface area (Å²) < 4.78 is 16.2. The fourth-order valence-electron chi connectivity index (χ4n) is 1.57. The molecule has 260 valence electrons. The van der Waals surface area contributed by atoms with Gasteiger partial charge in [-0.05, 0) is 115 Å². The smallest absolute Gasteiger partial charge is 0.123 e. The van der Waals surface area contributed by atoms with E-state index >= 15 is 0 Å². The van der Waals surface area contributed by atoms with Crippen molar-refractivity contribution in [2.24, 2.45) is 4.63 Å². The van der Waals surface area contributed by atoms with E-state index in [4.69, 9.17) is 4.63 Å². The zero-order chi connectivity index (χ0) is 35.8. The Kier molecular flexibility index (Phi) is 37.7. The molecular weight excluding hydrogens is 625 g/mol. The van der Waals surface area contributed by atoms with E-state index in [0.717, 1.165) is 0 Å². The summed E-state index contributed by atoms with van der Waals surface area (Å²) in [5, 5.41) is 0. The van der Waals surface area contributed by atoms with Crippen molar-refractivity contribution in [3.05, 3.63) is 28.8 Å². The maximum atomic E-state index is 4.70. The molecule has 0 aliphatic rings. The third-order valence-corrected chi connectivity index (χ3v) is 18.1. The summed E-state index contributed by atoms with van der Waals surface area (Å²) in [4.78, 5) is 0. The molecule has 12 heteroatoms. The third kappa shape index (κ3) is 42.1. The molecule has 0 N–H and O–H groups in total. The van der Waals surface area contributed by atoms with Crippen LogP contribution in [0.25, 0.3) is 0 Å². The molecule has 0 aromatic heterocycles. The van der Waals surface area contributed by atoms with Gasteiger partial charge in [0.1, 0.15) is 53.4 Å². The molecule has 0 spiro atoms. The first kappa shape index (κ1) is 52.6. The lowest BCUT2D eigenvalue weighted by atomic mass is 10.1. The minimum atomic E-state index is -0.519. The first-order valence-corrected chi connectivity index (χ1v) is 32.7. The van der Waals surface area contributed by atoms with Crippen molar-refractivity contribution in [2.75, 3.05) is 70.5 Å². The number of benzene rings is 1. The van der Waals surface area contributed by atoms with Crippen molar-refractivity contribution in [3.63, 3.8) is 0 Å². The Morgan fingerprint density at radius 2 is 0.605 bits per heavy atom. The second-order valence-corrected chi connectivity index (χ2v) is 32.3. The first-order chi connectivity index (χ1) is 19.2. The summed E-state index contributed by atoms with van der Waals surface area (Å²) >= 11 is 0. The largest absolute Gasteiger partial charge is 0.332 e. The van der Waals surface area contributed by atoms with Crippen molar-refractivity contribution in [3.8, 4) is 0 Å². The highest BCUT2D eigenvalue weighted by Crippen LogP contribution is 2.24. The second kappa shape index (κ2) is 30.8. The van der Waals surface area contributed by atoms with Gasteiger partial charge in [0.05, 0.1) is 5.69 Å². The second-order valence-electron chi connectivity index (χ2n) is 14.1. The van der Waals surface area contributed by atoms with E-state index in [9.17, 15) is 0 Å². The van der Waals surface area contributed by atoms with E-state index in [1.165, 1.54) is 22.4 Å². The van der Waals surface area contributed by atoms with E-state index in [1.807, 2.05) is 0 Å². The molecule has 1 rings (SSSR count). The van der Waals surface area contributed by atoms with Crippen molar-refractivity contribution < 1.29 is 0 Å². The SMILES string of the molecule is CN(C)[SiH](C)C.CN(C)[SiH](C)C.CN(C)[SiH](C)C.CN(C)[SiH](C)C.CN(C)[SiH](C)C.Cc1cc(C)c(N=[Si](C)C)c(C)c1. The summed E-state index contributed by atoms with van der Waals surface area (Å²) in [6.45, 7) is 33.9. The van der Waals surface area contributed by atoms with Crippen LogP contribution in [0.4, 0.5) is 5.69 Å². The molecule has 0 heterocycles. The molecule has 0 unspecified atom stereocenters. The van der Waals surface area contributed by atoms with Crippen LogP contribution in [0.1, 0.15) is 16.7 Å². The predicted molar refractivity (Wildman–Crippen MR) is 223 cm³/mol. The average Bonchev–Trinajstić information content (AvgIpc) is 2.82. The van der Waals surface area contributed by atoms with Gasteiger partial charge in [-0.25, -0.2) is 0 Å². The van der Waals surface area contributed by atoms with Crippen LogP contribution < -0.4 is 0 Å². The molecular formula is C31H82N6Si6. The van der Waals surface area contributed by atoms with Crippen LogP contribution in [-0.2, 0) is 0 Å². The van der Waals surface area contributed by atoms with Gasteiger partial charge in [0.25, 0.3) is 0 Å². The molecule has 0 radical (unpaired) electrons. The van der Waals surface area contributed by atoms with Crippen LogP contribution in [0.15, 0.2) is 16.8 Å². The van der Waals surface area contributed by atoms with Crippen LogP contribution in [0.2, 0.25) is 78.6 Å². The zero-order valence-electron chi connectivity index (χ0n) is 34.2. The topological polar surface area (TPSA) is 28.6 Å². The molecule has 0 aliphatic heterocycles. The number of hydrogen-bond donors (Lipinski definition) is 0. The molecule has 0 aliphatic carbocycles. The summed E-state index contributed by atoms with van der Waals surface area (Å²) in [6.07, 6.45) is 0. The standard InChI is InChI=1S/C11H17NSi.5C4H13NSi/c1-8-6-9(2)11(10(3)7-8)12-13(4)5;5*1-5(2)6(3)4/h6-7H,1-5H3;5*6H,1-4H3. The number of nitrogens with zero attached hydrogens (tertiary/aromatic N) is 6. The molecule has 1 aromatic rings. The molecule has 0 amide bonds. The first-order valence-electron chi connectivity index (χ1n) is 16.1. The third-order valence-electron chi connectivity index (χ3n) is 7.13. The van der Waals surface area contributed by atoms with Crippen LogP contribution >= 0.6 is 0 Å². The lowest BCUT2D eigenvalue weighted by molar-refractivity contribution is 0.648. The summed E-state index contributed by atoms with van der Waals surface area (Å²) in [5.74, 6) is 0. The fraction of sp³-hybridized carbons (Fsp3) is 0.806. The molecule has 0 bridgehead atoms. The molecule has 43 heavy (non-hydrogen) atoms. The number of rotatable bonds is 6. The quantitative estimate of drug-likeness (QED) is 0.319. The van der Waals surface area contributed by atoms with Gasteiger partial charge in [0.2, 0.25) is 0 Å². The normalized spacial score (nSPS) is 10.7. The number of hydrogen-bond acceptors (Lipinski definition) is 6. The van der Waals surface area contributed by atoms with Crippen LogP contribution in [0, 0.1) is 20.8 Å². The Bertz CT molecular complexity index is 670. The van der Waals surface area contributed by atoms with Crippen LogP contribution in [0.5, 0.6) is 0 Å². The summed E-state index contributed by atoms with van der Waals surface area (Å²) in [6, 6.07) is 4.41. The van der Waals surface area contributed by atoms with E-state index in [0.29, 0.717) is 0 Å². The Morgan fingerprint density at radius 3 is 0.721 bits per heavy atom. The van der Waals surface area contributed by atoms with Gasteiger partial charge in [0, 0.05) is 0 Å². The molecule has 6 nitrogen and oxygen atoms in total. The van der Waals surface area contributed by atoms with Crippen molar-refractivity contribution in [1.82, 2.24) is 22.8 Å². The van der Waals surface area contributed by atoms with E-state index in [1.54, 1.807) is 0 Å². The molecule has 0 saturated carbocycles. The van der Waals surface area contributed by atoms with Gasteiger partial charge in [-0.2, -0.15) is 0 Å².